The molecule has 1 aromatic carbocycles. The molecule has 1 amide bonds. The number of rotatable bonds is 4. The van der Waals surface area contributed by atoms with E-state index in [1.165, 1.54) is 38.8 Å². The van der Waals surface area contributed by atoms with E-state index in [1.807, 2.05) is 0 Å². The number of nitrogens with one attached hydrogen (secondary N) is 1. The molecule has 2 aliphatic rings. The summed E-state index contributed by atoms with van der Waals surface area (Å²) in [6, 6.07) is 4.43. The van der Waals surface area contributed by atoms with E-state index in [0.717, 1.165) is 19.3 Å². The Hall–Kier alpha value is -2.37. The molecule has 3 rings (SSSR count). The Bertz CT molecular complexity index is 650. The number of hydrogen-bond acceptors (Lipinski definition) is 5. The number of amides is 1. The van der Waals surface area contributed by atoms with Crippen LogP contribution in [0.2, 0.25) is 0 Å². The van der Waals surface area contributed by atoms with Crippen LogP contribution in [0.1, 0.15) is 46.4 Å². The van der Waals surface area contributed by atoms with Crippen molar-refractivity contribution in [2.24, 2.45) is 17.8 Å². The van der Waals surface area contributed by atoms with Crippen LogP contribution < -0.4 is 5.32 Å². The van der Waals surface area contributed by atoms with Crippen LogP contribution in [-0.4, -0.2) is 32.1 Å². The molecule has 0 aliphatic heterocycles. The third-order valence-electron chi connectivity index (χ3n) is 5.12. The monoisotopic (exact) mass is 331 g/mol. The molecule has 2 aliphatic carbocycles. The van der Waals surface area contributed by atoms with E-state index >= 15 is 0 Å². The van der Waals surface area contributed by atoms with Crippen LogP contribution in [0.3, 0.4) is 0 Å². The Morgan fingerprint density at radius 1 is 0.958 bits per heavy atom. The Balaban J connectivity index is 1.82. The van der Waals surface area contributed by atoms with Crippen molar-refractivity contribution in [3.05, 3.63) is 29.3 Å². The third kappa shape index (κ3) is 3.13. The highest BCUT2D eigenvalue weighted by molar-refractivity contribution is 6.00. The Morgan fingerprint density at radius 2 is 1.58 bits per heavy atom. The predicted molar refractivity (Wildman–Crippen MR) is 86.7 cm³/mol. The van der Waals surface area contributed by atoms with Crippen molar-refractivity contribution in [3.8, 4) is 0 Å². The molecule has 128 valence electrons. The summed E-state index contributed by atoms with van der Waals surface area (Å²) in [7, 11) is 2.53. The van der Waals surface area contributed by atoms with Gasteiger partial charge in [-0.1, -0.05) is 6.42 Å². The number of carbonyl (C=O) groups excluding carboxylic acids is 3. The molecule has 6 nitrogen and oxygen atoms in total. The highest BCUT2D eigenvalue weighted by Crippen LogP contribution is 2.48. The lowest BCUT2D eigenvalue weighted by Gasteiger charge is -2.21. The second kappa shape index (κ2) is 6.63. The van der Waals surface area contributed by atoms with E-state index in [-0.39, 0.29) is 23.0 Å². The van der Waals surface area contributed by atoms with E-state index in [4.69, 9.17) is 9.47 Å². The molecule has 0 radical (unpaired) electrons. The molecule has 0 aromatic heterocycles. The number of ether oxygens (including phenoxy) is 2. The minimum Gasteiger partial charge on any atom is -0.465 e. The van der Waals surface area contributed by atoms with Crippen LogP contribution in [0.25, 0.3) is 0 Å². The van der Waals surface area contributed by atoms with Gasteiger partial charge in [-0.25, -0.2) is 9.59 Å². The van der Waals surface area contributed by atoms with Crippen molar-refractivity contribution in [1.82, 2.24) is 0 Å². The summed E-state index contributed by atoms with van der Waals surface area (Å²) < 4.78 is 9.40. The van der Waals surface area contributed by atoms with Gasteiger partial charge in [-0.2, -0.15) is 0 Å². The lowest BCUT2D eigenvalue weighted by Crippen LogP contribution is -2.27. The van der Waals surface area contributed by atoms with Crippen LogP contribution >= 0.6 is 0 Å². The summed E-state index contributed by atoms with van der Waals surface area (Å²) in [5, 5.41) is 2.85. The SMILES string of the molecule is COC(=O)c1cc(NC(=O)C2CC3CCC2C3)cc(C(=O)OC)c1. The molecule has 3 atom stereocenters. The summed E-state index contributed by atoms with van der Waals surface area (Å²) in [5.74, 6) is -0.0452. The third-order valence-corrected chi connectivity index (χ3v) is 5.12. The zero-order chi connectivity index (χ0) is 17.3. The Labute approximate surface area is 140 Å². The van der Waals surface area contributed by atoms with Crippen LogP contribution in [0.15, 0.2) is 18.2 Å². The summed E-state index contributed by atoms with van der Waals surface area (Å²) in [4.78, 5) is 36.1. The van der Waals surface area contributed by atoms with Gasteiger partial charge in [-0.15, -0.1) is 0 Å². The molecule has 6 heteroatoms. The maximum absolute atomic E-state index is 12.6. The first kappa shape index (κ1) is 16.5. The standard InChI is InChI=1S/C18H21NO5/c1-23-17(21)12-7-13(18(22)24-2)9-14(8-12)19-16(20)15-6-10-3-4-11(15)5-10/h7-11,15H,3-6H2,1-2H3,(H,19,20). The molecule has 3 unspecified atom stereocenters. The van der Waals surface area contributed by atoms with E-state index in [1.54, 1.807) is 0 Å². The zero-order valence-electron chi connectivity index (χ0n) is 13.8. The van der Waals surface area contributed by atoms with Gasteiger partial charge in [-0.3, -0.25) is 4.79 Å². The molecule has 0 spiro atoms. The van der Waals surface area contributed by atoms with Gasteiger partial charge in [0.25, 0.3) is 0 Å². The number of benzene rings is 1. The minimum atomic E-state index is -0.573. The van der Waals surface area contributed by atoms with Crippen molar-refractivity contribution in [2.45, 2.75) is 25.7 Å². The smallest absolute Gasteiger partial charge is 0.337 e. The molecule has 2 bridgehead atoms. The molecule has 24 heavy (non-hydrogen) atoms. The normalized spacial score (nSPS) is 24.5. The fraction of sp³-hybridized carbons (Fsp3) is 0.500. The number of methoxy groups -OCH3 is 2. The van der Waals surface area contributed by atoms with Gasteiger partial charge in [-0.05, 0) is 49.3 Å². The maximum Gasteiger partial charge on any atom is 0.337 e. The molecule has 2 saturated carbocycles. The number of esters is 2. The van der Waals surface area contributed by atoms with Gasteiger partial charge < -0.3 is 14.8 Å². The van der Waals surface area contributed by atoms with Crippen molar-refractivity contribution in [2.75, 3.05) is 19.5 Å². The van der Waals surface area contributed by atoms with E-state index in [2.05, 4.69) is 5.32 Å². The molecule has 0 saturated heterocycles. The largest absolute Gasteiger partial charge is 0.465 e. The van der Waals surface area contributed by atoms with E-state index in [0.29, 0.717) is 17.5 Å². The molecule has 1 aromatic rings. The second-order valence-electron chi connectivity index (χ2n) is 6.55. The zero-order valence-corrected chi connectivity index (χ0v) is 13.8. The van der Waals surface area contributed by atoms with Crippen LogP contribution in [0.4, 0.5) is 5.69 Å². The first-order valence-electron chi connectivity index (χ1n) is 8.14. The molecular weight excluding hydrogens is 310 g/mol. The second-order valence-corrected chi connectivity index (χ2v) is 6.55. The average Bonchev–Trinajstić information content (AvgIpc) is 3.23. The lowest BCUT2D eigenvalue weighted by molar-refractivity contribution is -0.121. The highest BCUT2D eigenvalue weighted by atomic mass is 16.5. The number of hydrogen-bond donors (Lipinski definition) is 1. The predicted octanol–water partition coefficient (Wildman–Crippen LogP) is 2.63. The first-order valence-corrected chi connectivity index (χ1v) is 8.14. The van der Waals surface area contributed by atoms with Crippen LogP contribution in [0, 0.1) is 17.8 Å². The fourth-order valence-corrected chi connectivity index (χ4v) is 3.97. The molecule has 2 fully saturated rings. The van der Waals surface area contributed by atoms with Gasteiger partial charge in [0.05, 0.1) is 25.3 Å². The molecule has 1 N–H and O–H groups in total. The van der Waals surface area contributed by atoms with E-state index in [9.17, 15) is 14.4 Å². The van der Waals surface area contributed by atoms with Gasteiger partial charge in [0, 0.05) is 11.6 Å². The maximum atomic E-state index is 12.6. The highest BCUT2D eigenvalue weighted by Gasteiger charge is 2.43. The number of anilines is 1. The Morgan fingerprint density at radius 3 is 2.04 bits per heavy atom. The topological polar surface area (TPSA) is 81.7 Å². The van der Waals surface area contributed by atoms with Gasteiger partial charge in [0.1, 0.15) is 0 Å². The summed E-state index contributed by atoms with van der Waals surface area (Å²) in [5.41, 5.74) is 0.804. The van der Waals surface area contributed by atoms with Crippen molar-refractivity contribution in [3.63, 3.8) is 0 Å². The Kier molecular flexibility index (Phi) is 4.55. The molecule has 0 heterocycles. The first-order chi connectivity index (χ1) is 11.5. The molecular formula is C18H21NO5. The minimum absolute atomic E-state index is 0.0205. The van der Waals surface area contributed by atoms with E-state index < -0.39 is 11.9 Å². The van der Waals surface area contributed by atoms with Crippen LogP contribution in [0.5, 0.6) is 0 Å². The quantitative estimate of drug-likeness (QED) is 0.858. The van der Waals surface area contributed by atoms with Gasteiger partial charge in [0.2, 0.25) is 5.91 Å². The van der Waals surface area contributed by atoms with Crippen LogP contribution in [-0.2, 0) is 14.3 Å². The average molecular weight is 331 g/mol. The number of carbonyl (C=O) groups is 3. The summed E-state index contributed by atoms with van der Waals surface area (Å²) in [6.45, 7) is 0. The fourth-order valence-electron chi connectivity index (χ4n) is 3.97. The van der Waals surface area contributed by atoms with Crippen molar-refractivity contribution in [1.29, 1.82) is 0 Å². The lowest BCUT2D eigenvalue weighted by atomic mass is 9.88. The summed E-state index contributed by atoms with van der Waals surface area (Å²) >= 11 is 0. The number of fused-ring (bicyclic) bond motifs is 2. The van der Waals surface area contributed by atoms with Crippen molar-refractivity contribution >= 4 is 23.5 Å². The summed E-state index contributed by atoms with van der Waals surface area (Å²) in [6.07, 6.45) is 4.39. The van der Waals surface area contributed by atoms with Gasteiger partial charge in [0.15, 0.2) is 0 Å². The van der Waals surface area contributed by atoms with Gasteiger partial charge >= 0.3 is 11.9 Å². The van der Waals surface area contributed by atoms with Crippen molar-refractivity contribution < 1.29 is 23.9 Å².